The minimum atomic E-state index is -0.416. The maximum atomic E-state index is 13.2. The Morgan fingerprint density at radius 2 is 1.84 bits per heavy atom. The number of hydrogen-bond acceptors (Lipinski definition) is 2. The second-order valence-electron chi connectivity index (χ2n) is 6.33. The summed E-state index contributed by atoms with van der Waals surface area (Å²) in [4.78, 5) is 12.1. The average Bonchev–Trinajstić information content (AvgIpc) is 2.64. The van der Waals surface area contributed by atoms with Gasteiger partial charge in [-0.25, -0.2) is 4.39 Å². The summed E-state index contributed by atoms with van der Waals surface area (Å²) in [6.07, 6.45) is 8.53. The van der Waals surface area contributed by atoms with Crippen molar-refractivity contribution in [2.45, 2.75) is 32.1 Å². The predicted molar refractivity (Wildman–Crippen MR) is 100 cm³/mol. The zero-order valence-electron chi connectivity index (χ0n) is 14.2. The summed E-state index contributed by atoms with van der Waals surface area (Å²) in [5.41, 5.74) is 3.58. The molecule has 0 atom stereocenters. The van der Waals surface area contributed by atoms with E-state index in [9.17, 15) is 9.18 Å². The molecule has 4 heteroatoms. The molecule has 2 aromatic rings. The molecule has 0 saturated heterocycles. The SMILES string of the molecule is O=C(Nc1ccc(NCCC2=CCCCC2)cc1)c1cccc(F)c1. The van der Waals surface area contributed by atoms with Crippen LogP contribution in [0.4, 0.5) is 15.8 Å². The Hall–Kier alpha value is -2.62. The number of allylic oxidation sites excluding steroid dienone is 1. The minimum Gasteiger partial charge on any atom is -0.385 e. The minimum absolute atomic E-state index is 0.308. The molecule has 0 saturated carbocycles. The molecular formula is C21H23FN2O. The van der Waals surface area contributed by atoms with Crippen molar-refractivity contribution in [3.05, 3.63) is 71.6 Å². The van der Waals surface area contributed by atoms with E-state index in [4.69, 9.17) is 0 Å². The van der Waals surface area contributed by atoms with Crippen molar-refractivity contribution >= 4 is 17.3 Å². The van der Waals surface area contributed by atoms with Crippen molar-refractivity contribution in [1.82, 2.24) is 0 Å². The summed E-state index contributed by atoms with van der Waals surface area (Å²) in [7, 11) is 0. The number of carbonyl (C=O) groups excluding carboxylic acids is 1. The second-order valence-corrected chi connectivity index (χ2v) is 6.33. The molecule has 3 nitrogen and oxygen atoms in total. The highest BCUT2D eigenvalue weighted by molar-refractivity contribution is 6.04. The zero-order valence-corrected chi connectivity index (χ0v) is 14.2. The van der Waals surface area contributed by atoms with Gasteiger partial charge in [-0.1, -0.05) is 17.7 Å². The van der Waals surface area contributed by atoms with E-state index in [1.165, 1.54) is 43.9 Å². The summed E-state index contributed by atoms with van der Waals surface area (Å²) in [5.74, 6) is -0.732. The van der Waals surface area contributed by atoms with Crippen LogP contribution in [0, 0.1) is 5.82 Å². The summed E-state index contributed by atoms with van der Waals surface area (Å²) in [5, 5.41) is 6.19. The molecule has 130 valence electrons. The zero-order chi connectivity index (χ0) is 17.5. The van der Waals surface area contributed by atoms with Crippen molar-refractivity contribution in [3.8, 4) is 0 Å². The summed E-state index contributed by atoms with van der Waals surface area (Å²) >= 11 is 0. The van der Waals surface area contributed by atoms with E-state index in [-0.39, 0.29) is 5.91 Å². The Balaban J connectivity index is 1.50. The topological polar surface area (TPSA) is 41.1 Å². The molecule has 1 aliphatic rings. The van der Waals surface area contributed by atoms with Crippen LogP contribution in [0.25, 0.3) is 0 Å². The first-order valence-corrected chi connectivity index (χ1v) is 8.79. The van der Waals surface area contributed by atoms with Crippen LogP contribution in [-0.4, -0.2) is 12.5 Å². The maximum Gasteiger partial charge on any atom is 0.255 e. The molecule has 0 fully saturated rings. The number of anilines is 2. The van der Waals surface area contributed by atoms with Crippen molar-refractivity contribution in [2.75, 3.05) is 17.2 Å². The second kappa shape index (κ2) is 8.47. The number of amides is 1. The third-order valence-electron chi connectivity index (χ3n) is 4.39. The first kappa shape index (κ1) is 17.2. The quantitative estimate of drug-likeness (QED) is 0.694. The average molecular weight is 338 g/mol. The van der Waals surface area contributed by atoms with Crippen LogP contribution < -0.4 is 10.6 Å². The monoisotopic (exact) mass is 338 g/mol. The number of rotatable bonds is 6. The lowest BCUT2D eigenvalue weighted by Crippen LogP contribution is -2.12. The van der Waals surface area contributed by atoms with Gasteiger partial charge < -0.3 is 10.6 Å². The van der Waals surface area contributed by atoms with Gasteiger partial charge in [0.25, 0.3) is 5.91 Å². The Bertz CT molecular complexity index is 753. The molecule has 0 spiro atoms. The Labute approximate surface area is 148 Å². The van der Waals surface area contributed by atoms with Crippen LogP contribution in [-0.2, 0) is 0 Å². The molecule has 0 aromatic heterocycles. The van der Waals surface area contributed by atoms with Gasteiger partial charge in [0.15, 0.2) is 0 Å². The number of benzene rings is 2. The van der Waals surface area contributed by atoms with Crippen LogP contribution in [0.3, 0.4) is 0 Å². The van der Waals surface area contributed by atoms with E-state index < -0.39 is 5.82 Å². The van der Waals surface area contributed by atoms with E-state index in [0.717, 1.165) is 18.7 Å². The molecule has 1 amide bonds. The largest absolute Gasteiger partial charge is 0.385 e. The van der Waals surface area contributed by atoms with Gasteiger partial charge in [0.2, 0.25) is 0 Å². The summed E-state index contributed by atoms with van der Waals surface area (Å²) < 4.78 is 13.2. The van der Waals surface area contributed by atoms with E-state index in [1.54, 1.807) is 11.6 Å². The van der Waals surface area contributed by atoms with Crippen LogP contribution in [0.1, 0.15) is 42.5 Å². The molecule has 25 heavy (non-hydrogen) atoms. The predicted octanol–water partition coefficient (Wildman–Crippen LogP) is 5.38. The van der Waals surface area contributed by atoms with Crippen molar-refractivity contribution in [2.24, 2.45) is 0 Å². The van der Waals surface area contributed by atoms with E-state index >= 15 is 0 Å². The van der Waals surface area contributed by atoms with Gasteiger partial charge in [-0.05, 0) is 74.6 Å². The molecule has 0 unspecified atom stereocenters. The number of hydrogen-bond donors (Lipinski definition) is 2. The van der Waals surface area contributed by atoms with Gasteiger partial charge >= 0.3 is 0 Å². The van der Waals surface area contributed by atoms with Crippen LogP contribution >= 0.6 is 0 Å². The number of carbonyl (C=O) groups is 1. The highest BCUT2D eigenvalue weighted by Crippen LogP contribution is 2.20. The first-order chi connectivity index (χ1) is 12.2. The molecule has 2 aromatic carbocycles. The van der Waals surface area contributed by atoms with Crippen molar-refractivity contribution < 1.29 is 9.18 Å². The molecule has 1 aliphatic carbocycles. The first-order valence-electron chi connectivity index (χ1n) is 8.79. The molecular weight excluding hydrogens is 315 g/mol. The van der Waals surface area contributed by atoms with E-state index in [0.29, 0.717) is 11.3 Å². The maximum absolute atomic E-state index is 13.2. The van der Waals surface area contributed by atoms with Gasteiger partial charge in [0.05, 0.1) is 0 Å². The third-order valence-corrected chi connectivity index (χ3v) is 4.39. The fourth-order valence-corrected chi connectivity index (χ4v) is 3.00. The van der Waals surface area contributed by atoms with Gasteiger partial charge in [0, 0.05) is 23.5 Å². The van der Waals surface area contributed by atoms with Gasteiger partial charge in [-0.3, -0.25) is 4.79 Å². The highest BCUT2D eigenvalue weighted by atomic mass is 19.1. The normalized spacial score (nSPS) is 13.9. The lowest BCUT2D eigenvalue weighted by Gasteiger charge is -2.13. The van der Waals surface area contributed by atoms with Gasteiger partial charge in [0.1, 0.15) is 5.82 Å². The van der Waals surface area contributed by atoms with E-state index in [2.05, 4.69) is 16.7 Å². The highest BCUT2D eigenvalue weighted by Gasteiger charge is 2.07. The lowest BCUT2D eigenvalue weighted by molar-refractivity contribution is 0.102. The van der Waals surface area contributed by atoms with Crippen molar-refractivity contribution in [3.63, 3.8) is 0 Å². The number of nitrogens with one attached hydrogen (secondary N) is 2. The molecule has 2 N–H and O–H groups in total. The molecule has 0 bridgehead atoms. The molecule has 0 aliphatic heterocycles. The van der Waals surface area contributed by atoms with Gasteiger partial charge in [-0.2, -0.15) is 0 Å². The fourth-order valence-electron chi connectivity index (χ4n) is 3.00. The molecule has 0 radical (unpaired) electrons. The lowest BCUT2D eigenvalue weighted by atomic mass is 9.97. The van der Waals surface area contributed by atoms with E-state index in [1.807, 2.05) is 24.3 Å². The molecule has 3 rings (SSSR count). The molecule has 0 heterocycles. The Morgan fingerprint density at radius 1 is 1.04 bits per heavy atom. The van der Waals surface area contributed by atoms with Crippen LogP contribution in [0.5, 0.6) is 0 Å². The third kappa shape index (κ3) is 5.18. The Morgan fingerprint density at radius 3 is 2.56 bits per heavy atom. The van der Waals surface area contributed by atoms with Crippen LogP contribution in [0.2, 0.25) is 0 Å². The fraction of sp³-hybridized carbons (Fsp3) is 0.286. The Kier molecular flexibility index (Phi) is 5.83. The summed E-state index contributed by atoms with van der Waals surface area (Å²) in [6, 6.07) is 13.2. The van der Waals surface area contributed by atoms with Crippen LogP contribution in [0.15, 0.2) is 60.2 Å². The smallest absolute Gasteiger partial charge is 0.255 e. The number of halogens is 1. The van der Waals surface area contributed by atoms with Gasteiger partial charge in [-0.15, -0.1) is 0 Å². The van der Waals surface area contributed by atoms with Crippen molar-refractivity contribution in [1.29, 1.82) is 0 Å². The standard InChI is InChI=1S/C21H23FN2O/c22-18-8-4-7-17(15-18)21(25)24-20-11-9-19(10-12-20)23-14-13-16-5-2-1-3-6-16/h4-5,7-12,15,23H,1-3,6,13-14H2,(H,24,25). The summed E-state index contributed by atoms with van der Waals surface area (Å²) in [6.45, 7) is 0.917.